The molecule has 8 heteroatoms. The van der Waals surface area contributed by atoms with E-state index in [1.54, 1.807) is 18.2 Å². The third kappa shape index (κ3) is 3.43. The molecule has 0 fully saturated rings. The molecule has 4 rings (SSSR count). The quantitative estimate of drug-likeness (QED) is 0.547. The molecule has 25 heavy (non-hydrogen) atoms. The van der Waals surface area contributed by atoms with Gasteiger partial charge in [0, 0.05) is 5.56 Å². The highest BCUT2D eigenvalue weighted by Gasteiger charge is 2.13. The second-order valence-electron chi connectivity index (χ2n) is 5.11. The summed E-state index contributed by atoms with van der Waals surface area (Å²) in [5, 5.41) is 11.3. The topological polar surface area (TPSA) is 80.5 Å². The summed E-state index contributed by atoms with van der Waals surface area (Å²) >= 11 is 1.33. The van der Waals surface area contributed by atoms with Crippen LogP contribution in [0.15, 0.2) is 64.3 Å². The Labute approximate surface area is 146 Å². The number of nitrogens with one attached hydrogen (secondary N) is 1. The van der Waals surface area contributed by atoms with E-state index in [9.17, 15) is 4.39 Å². The van der Waals surface area contributed by atoms with Gasteiger partial charge in [-0.1, -0.05) is 59.4 Å². The van der Waals surface area contributed by atoms with Gasteiger partial charge in [0.15, 0.2) is 5.82 Å². The molecule has 6 nitrogen and oxygen atoms in total. The van der Waals surface area contributed by atoms with Crippen LogP contribution in [0.4, 0.5) is 4.39 Å². The number of aromatic nitrogens is 5. The minimum Gasteiger partial charge on any atom is -0.338 e. The van der Waals surface area contributed by atoms with E-state index in [1.165, 1.54) is 17.8 Å². The summed E-state index contributed by atoms with van der Waals surface area (Å²) in [7, 11) is 0. The van der Waals surface area contributed by atoms with Crippen LogP contribution in [0, 0.1) is 5.82 Å². The number of H-pyrrole nitrogens is 1. The van der Waals surface area contributed by atoms with Gasteiger partial charge in [0.2, 0.25) is 16.9 Å². The van der Waals surface area contributed by atoms with Gasteiger partial charge in [0.05, 0.1) is 11.3 Å². The molecule has 0 saturated carbocycles. The van der Waals surface area contributed by atoms with E-state index in [0.29, 0.717) is 34.0 Å². The van der Waals surface area contributed by atoms with Gasteiger partial charge in [0.25, 0.3) is 0 Å². The molecule has 2 aromatic heterocycles. The molecule has 124 valence electrons. The van der Waals surface area contributed by atoms with Gasteiger partial charge in [-0.3, -0.25) is 5.10 Å². The lowest BCUT2D eigenvalue weighted by molar-refractivity contribution is 0.391. The molecule has 0 aliphatic carbocycles. The number of nitrogens with zero attached hydrogens (tertiary/aromatic N) is 4. The third-order valence-electron chi connectivity index (χ3n) is 3.42. The Morgan fingerprint density at radius 1 is 1.00 bits per heavy atom. The fourth-order valence-corrected chi connectivity index (χ4v) is 2.86. The van der Waals surface area contributed by atoms with Crippen LogP contribution in [-0.4, -0.2) is 25.3 Å². The van der Waals surface area contributed by atoms with Gasteiger partial charge in [-0.25, -0.2) is 9.37 Å². The van der Waals surface area contributed by atoms with Crippen LogP contribution in [0.3, 0.4) is 0 Å². The highest BCUT2D eigenvalue weighted by molar-refractivity contribution is 7.98. The molecule has 0 unspecified atom stereocenters. The second kappa shape index (κ2) is 6.86. The number of rotatable bonds is 5. The Bertz CT molecular complexity index is 985. The molecule has 0 aliphatic heterocycles. The third-order valence-corrected chi connectivity index (χ3v) is 4.25. The zero-order valence-corrected chi connectivity index (χ0v) is 13.7. The predicted molar refractivity (Wildman–Crippen MR) is 91.1 cm³/mol. The molecule has 0 radical (unpaired) electrons. The van der Waals surface area contributed by atoms with E-state index < -0.39 is 0 Å². The fourth-order valence-electron chi connectivity index (χ4n) is 2.23. The average Bonchev–Trinajstić information content (AvgIpc) is 3.31. The van der Waals surface area contributed by atoms with Crippen LogP contribution in [0.5, 0.6) is 0 Å². The zero-order chi connectivity index (χ0) is 17.1. The molecular weight excluding hydrogens is 341 g/mol. The number of halogens is 1. The van der Waals surface area contributed by atoms with Crippen molar-refractivity contribution >= 4 is 11.8 Å². The van der Waals surface area contributed by atoms with E-state index in [-0.39, 0.29) is 5.82 Å². The predicted octanol–water partition coefficient (Wildman–Crippen LogP) is 3.95. The van der Waals surface area contributed by atoms with Gasteiger partial charge in [-0.2, -0.15) is 4.98 Å². The van der Waals surface area contributed by atoms with Gasteiger partial charge >= 0.3 is 0 Å². The van der Waals surface area contributed by atoms with Crippen molar-refractivity contribution in [2.75, 3.05) is 0 Å². The van der Waals surface area contributed by atoms with E-state index in [1.807, 2.05) is 30.3 Å². The molecule has 4 aromatic rings. The summed E-state index contributed by atoms with van der Waals surface area (Å²) < 4.78 is 19.0. The van der Waals surface area contributed by atoms with Crippen LogP contribution in [0.25, 0.3) is 22.8 Å². The first-order valence-electron chi connectivity index (χ1n) is 7.48. The first kappa shape index (κ1) is 15.5. The lowest BCUT2D eigenvalue weighted by Crippen LogP contribution is -1.85. The van der Waals surface area contributed by atoms with Crippen molar-refractivity contribution in [3.05, 3.63) is 66.3 Å². The normalized spacial score (nSPS) is 10.9. The van der Waals surface area contributed by atoms with Crippen molar-refractivity contribution in [1.29, 1.82) is 0 Å². The largest absolute Gasteiger partial charge is 0.338 e. The Hall–Kier alpha value is -3.00. The summed E-state index contributed by atoms with van der Waals surface area (Å²) in [6, 6.07) is 16.0. The maximum absolute atomic E-state index is 13.8. The summed E-state index contributed by atoms with van der Waals surface area (Å²) in [4.78, 5) is 8.64. The molecule has 0 bridgehead atoms. The van der Waals surface area contributed by atoms with Crippen LogP contribution >= 0.6 is 11.8 Å². The van der Waals surface area contributed by atoms with Gasteiger partial charge in [0.1, 0.15) is 5.82 Å². The maximum atomic E-state index is 13.8. The maximum Gasteiger partial charge on any atom is 0.237 e. The molecule has 1 N–H and O–H groups in total. The van der Waals surface area contributed by atoms with Gasteiger partial charge in [-0.15, -0.1) is 5.10 Å². The van der Waals surface area contributed by atoms with Crippen molar-refractivity contribution in [2.45, 2.75) is 10.9 Å². The van der Waals surface area contributed by atoms with Crippen LogP contribution in [-0.2, 0) is 5.75 Å². The molecular formula is C17H12FN5OS. The van der Waals surface area contributed by atoms with Crippen LogP contribution in [0.2, 0.25) is 0 Å². The van der Waals surface area contributed by atoms with Crippen molar-refractivity contribution in [2.24, 2.45) is 0 Å². The minimum absolute atomic E-state index is 0.348. The van der Waals surface area contributed by atoms with E-state index >= 15 is 0 Å². The van der Waals surface area contributed by atoms with Crippen molar-refractivity contribution in [3.8, 4) is 22.8 Å². The number of aromatic amines is 1. The van der Waals surface area contributed by atoms with Gasteiger partial charge < -0.3 is 4.52 Å². The van der Waals surface area contributed by atoms with Crippen LogP contribution in [0.1, 0.15) is 5.89 Å². The Balaban J connectivity index is 1.44. The lowest BCUT2D eigenvalue weighted by Gasteiger charge is -1.96. The van der Waals surface area contributed by atoms with E-state index in [2.05, 4.69) is 25.3 Å². The molecule has 0 atom stereocenters. The summed E-state index contributed by atoms with van der Waals surface area (Å²) in [5.74, 6) is 1.48. The molecule has 2 aromatic carbocycles. The van der Waals surface area contributed by atoms with E-state index in [0.717, 1.165) is 5.56 Å². The number of thioether (sulfide) groups is 1. The summed E-state index contributed by atoms with van der Waals surface area (Å²) in [5.41, 5.74) is 1.27. The summed E-state index contributed by atoms with van der Waals surface area (Å²) in [6.45, 7) is 0. The second-order valence-corrected chi connectivity index (χ2v) is 6.06. The molecule has 0 spiro atoms. The minimum atomic E-state index is -0.348. The number of benzene rings is 2. The highest BCUT2D eigenvalue weighted by Crippen LogP contribution is 2.24. The van der Waals surface area contributed by atoms with Crippen molar-refractivity contribution in [1.82, 2.24) is 25.3 Å². The lowest BCUT2D eigenvalue weighted by atomic mass is 10.2. The first-order valence-corrected chi connectivity index (χ1v) is 8.46. The first-order chi connectivity index (χ1) is 12.3. The monoisotopic (exact) mass is 353 g/mol. The molecule has 0 amide bonds. The molecule has 0 aliphatic rings. The Morgan fingerprint density at radius 2 is 1.80 bits per heavy atom. The number of hydrogen-bond acceptors (Lipinski definition) is 6. The molecule has 2 heterocycles. The van der Waals surface area contributed by atoms with Crippen LogP contribution < -0.4 is 0 Å². The Morgan fingerprint density at radius 3 is 2.64 bits per heavy atom. The van der Waals surface area contributed by atoms with E-state index in [4.69, 9.17) is 4.52 Å². The zero-order valence-electron chi connectivity index (χ0n) is 12.9. The van der Waals surface area contributed by atoms with Crippen molar-refractivity contribution < 1.29 is 8.91 Å². The SMILES string of the molecule is Fc1ccccc1-c1nc(SCc2nc(-c3ccccc3)no2)n[nH]1. The Kier molecular flexibility index (Phi) is 4.26. The number of hydrogen-bond donors (Lipinski definition) is 1. The summed E-state index contributed by atoms with van der Waals surface area (Å²) in [6.07, 6.45) is 0. The highest BCUT2D eigenvalue weighted by atomic mass is 32.2. The fraction of sp³-hybridized carbons (Fsp3) is 0.0588. The van der Waals surface area contributed by atoms with Crippen molar-refractivity contribution in [3.63, 3.8) is 0 Å². The van der Waals surface area contributed by atoms with Gasteiger partial charge in [-0.05, 0) is 12.1 Å². The smallest absolute Gasteiger partial charge is 0.237 e. The standard InChI is InChI=1S/C17H12FN5OS/c18-13-9-5-4-8-12(13)16-20-17(22-21-16)25-10-14-19-15(23-24-14)11-6-2-1-3-7-11/h1-9H,10H2,(H,20,21,22). The average molecular weight is 353 g/mol. The molecule has 0 saturated heterocycles.